The van der Waals surface area contributed by atoms with Gasteiger partial charge < -0.3 is 10.1 Å². The molecule has 28 heavy (non-hydrogen) atoms. The molecule has 0 saturated carbocycles. The van der Waals surface area contributed by atoms with E-state index in [0.717, 1.165) is 12.0 Å². The lowest BCUT2D eigenvalue weighted by Crippen LogP contribution is -2.28. The highest BCUT2D eigenvalue weighted by atomic mass is 16.5. The summed E-state index contributed by atoms with van der Waals surface area (Å²) in [6.07, 6.45) is 2.62. The third-order valence-corrected chi connectivity index (χ3v) is 4.08. The molecule has 3 aromatic rings. The highest BCUT2D eigenvalue weighted by Crippen LogP contribution is 2.17. The van der Waals surface area contributed by atoms with Crippen molar-refractivity contribution in [3.63, 3.8) is 0 Å². The fourth-order valence-corrected chi connectivity index (χ4v) is 2.65. The number of nitrogens with zero attached hydrogens (tertiary/aromatic N) is 4. The molecule has 144 valence electrons. The van der Waals surface area contributed by atoms with Gasteiger partial charge in [0.2, 0.25) is 5.91 Å². The van der Waals surface area contributed by atoms with Gasteiger partial charge in [-0.3, -0.25) is 4.79 Å². The minimum absolute atomic E-state index is 0.252. The summed E-state index contributed by atoms with van der Waals surface area (Å²) in [4.78, 5) is 24.7. The third-order valence-electron chi connectivity index (χ3n) is 4.08. The van der Waals surface area contributed by atoms with Gasteiger partial charge in [0.05, 0.1) is 12.2 Å². The summed E-state index contributed by atoms with van der Waals surface area (Å²) in [5.74, 6) is -0.632. The van der Waals surface area contributed by atoms with Crippen molar-refractivity contribution < 1.29 is 14.3 Å². The lowest BCUT2D eigenvalue weighted by atomic mass is 10.1. The molecule has 0 fully saturated rings. The fraction of sp³-hybridized carbons (Fsp3) is 0.250. The minimum atomic E-state index is -0.605. The fourth-order valence-electron chi connectivity index (χ4n) is 2.65. The Hall–Kier alpha value is -3.55. The van der Waals surface area contributed by atoms with Crippen LogP contribution in [0.4, 0.5) is 5.69 Å². The number of carbonyl (C=O) groups is 2. The lowest BCUT2D eigenvalue weighted by molar-refractivity contribution is -0.119. The molecule has 8 nitrogen and oxygen atoms in total. The number of rotatable bonds is 8. The van der Waals surface area contributed by atoms with Gasteiger partial charge in [0.15, 0.2) is 0 Å². The largest absolute Gasteiger partial charge is 0.462 e. The molecule has 0 saturated heterocycles. The normalized spacial score (nSPS) is 11.6. The Kier molecular flexibility index (Phi) is 6.46. The molecule has 0 bridgehead atoms. The molecule has 1 N–H and O–H groups in total. The van der Waals surface area contributed by atoms with Crippen LogP contribution in [-0.4, -0.2) is 38.7 Å². The van der Waals surface area contributed by atoms with E-state index in [4.69, 9.17) is 4.74 Å². The van der Waals surface area contributed by atoms with Crippen LogP contribution in [0.3, 0.4) is 0 Å². The van der Waals surface area contributed by atoms with Crippen molar-refractivity contribution in [2.45, 2.75) is 25.8 Å². The quantitative estimate of drug-likeness (QED) is 0.604. The Morgan fingerprint density at radius 2 is 1.86 bits per heavy atom. The van der Waals surface area contributed by atoms with E-state index in [2.05, 4.69) is 20.8 Å². The molecule has 0 aliphatic heterocycles. The summed E-state index contributed by atoms with van der Waals surface area (Å²) < 4.78 is 6.53. The highest BCUT2D eigenvalue weighted by molar-refractivity contribution is 5.95. The Morgan fingerprint density at radius 3 is 2.50 bits per heavy atom. The number of hydrogen-bond donors (Lipinski definition) is 1. The predicted octanol–water partition coefficient (Wildman–Crippen LogP) is 2.66. The first-order valence-corrected chi connectivity index (χ1v) is 9.02. The number of hydrogen-bond acceptors (Lipinski definition) is 6. The molecule has 1 amide bonds. The van der Waals surface area contributed by atoms with Gasteiger partial charge in [0, 0.05) is 12.1 Å². The van der Waals surface area contributed by atoms with E-state index in [1.54, 1.807) is 24.3 Å². The molecule has 1 heterocycles. The summed E-state index contributed by atoms with van der Waals surface area (Å²) >= 11 is 0. The number of nitrogens with one attached hydrogen (secondary N) is 1. The van der Waals surface area contributed by atoms with E-state index in [9.17, 15) is 9.59 Å². The summed E-state index contributed by atoms with van der Waals surface area (Å²) in [6, 6.07) is 15.6. The second kappa shape index (κ2) is 9.40. The summed E-state index contributed by atoms with van der Waals surface area (Å²) in [7, 11) is 0. The van der Waals surface area contributed by atoms with E-state index < -0.39 is 6.04 Å². The van der Waals surface area contributed by atoms with Crippen molar-refractivity contribution in [1.29, 1.82) is 0 Å². The van der Waals surface area contributed by atoms with Gasteiger partial charge >= 0.3 is 5.97 Å². The average molecular weight is 379 g/mol. The van der Waals surface area contributed by atoms with Crippen LogP contribution in [-0.2, 0) is 16.0 Å². The second-order valence-electron chi connectivity index (χ2n) is 6.20. The zero-order valence-corrected chi connectivity index (χ0v) is 15.5. The zero-order chi connectivity index (χ0) is 19.8. The van der Waals surface area contributed by atoms with Gasteiger partial charge in [-0.2, -0.15) is 0 Å². The smallest absolute Gasteiger partial charge is 0.338 e. The predicted molar refractivity (Wildman–Crippen MR) is 103 cm³/mol. The number of carbonyl (C=O) groups excluding carboxylic acids is 2. The molecular weight excluding hydrogens is 358 g/mol. The van der Waals surface area contributed by atoms with Gasteiger partial charge in [0.25, 0.3) is 0 Å². The van der Waals surface area contributed by atoms with Crippen LogP contribution in [0, 0.1) is 0 Å². The summed E-state index contributed by atoms with van der Waals surface area (Å²) in [5, 5.41) is 14.0. The number of aromatic nitrogens is 4. The number of anilines is 1. The van der Waals surface area contributed by atoms with Crippen molar-refractivity contribution in [2.24, 2.45) is 0 Å². The average Bonchev–Trinajstić information content (AvgIpc) is 3.26. The molecule has 3 rings (SSSR count). The maximum atomic E-state index is 12.9. The topological polar surface area (TPSA) is 99.0 Å². The minimum Gasteiger partial charge on any atom is -0.462 e. The Morgan fingerprint density at radius 1 is 1.11 bits per heavy atom. The van der Waals surface area contributed by atoms with Crippen molar-refractivity contribution in [3.8, 4) is 0 Å². The van der Waals surface area contributed by atoms with Gasteiger partial charge in [-0.25, -0.2) is 9.48 Å². The number of amides is 1. The molecule has 1 atom stereocenters. The highest BCUT2D eigenvalue weighted by Gasteiger charge is 2.22. The van der Waals surface area contributed by atoms with Crippen LogP contribution < -0.4 is 5.32 Å². The first kappa shape index (κ1) is 19.2. The van der Waals surface area contributed by atoms with E-state index in [1.807, 2.05) is 37.3 Å². The van der Waals surface area contributed by atoms with Crippen LogP contribution >= 0.6 is 0 Å². The molecule has 0 aliphatic rings. The second-order valence-corrected chi connectivity index (χ2v) is 6.20. The molecule has 8 heteroatoms. The lowest BCUT2D eigenvalue weighted by Gasteiger charge is -2.16. The van der Waals surface area contributed by atoms with Gasteiger partial charge in [-0.15, -0.1) is 5.10 Å². The third kappa shape index (κ3) is 5.00. The van der Waals surface area contributed by atoms with Crippen molar-refractivity contribution in [2.75, 3.05) is 11.9 Å². The summed E-state index contributed by atoms with van der Waals surface area (Å²) in [5.41, 5.74) is 2.00. The van der Waals surface area contributed by atoms with Crippen LogP contribution in [0.25, 0.3) is 0 Å². The number of benzene rings is 2. The van der Waals surface area contributed by atoms with Crippen molar-refractivity contribution >= 4 is 17.6 Å². The molecular formula is C20H21N5O3. The first-order valence-electron chi connectivity index (χ1n) is 9.02. The van der Waals surface area contributed by atoms with Crippen LogP contribution in [0.1, 0.15) is 35.3 Å². The molecule has 0 radical (unpaired) electrons. The number of ether oxygens (including phenoxy) is 1. The van der Waals surface area contributed by atoms with Crippen LogP contribution in [0.2, 0.25) is 0 Å². The van der Waals surface area contributed by atoms with E-state index in [-0.39, 0.29) is 11.9 Å². The number of esters is 1. The SMILES string of the molecule is CCCOC(=O)c1ccc(NC(=O)[C@@H](Cc2ccccc2)n2cnnn2)cc1. The monoisotopic (exact) mass is 379 g/mol. The standard InChI is InChI=1S/C20H21N5O3/c1-2-12-28-20(27)16-8-10-17(11-9-16)22-19(26)18(25-14-21-23-24-25)13-15-6-4-3-5-7-15/h3-11,14,18H,2,12-13H2,1H3,(H,22,26)/t18-/m1/s1. The molecule has 2 aromatic carbocycles. The number of tetrazole rings is 1. The van der Waals surface area contributed by atoms with Crippen LogP contribution in [0.5, 0.6) is 0 Å². The molecule has 0 spiro atoms. The maximum Gasteiger partial charge on any atom is 0.338 e. The molecule has 0 unspecified atom stereocenters. The summed E-state index contributed by atoms with van der Waals surface area (Å²) in [6.45, 7) is 2.31. The van der Waals surface area contributed by atoms with E-state index in [0.29, 0.717) is 24.3 Å². The van der Waals surface area contributed by atoms with Crippen molar-refractivity contribution in [1.82, 2.24) is 20.2 Å². The first-order chi connectivity index (χ1) is 13.7. The van der Waals surface area contributed by atoms with Gasteiger partial charge in [-0.1, -0.05) is 37.3 Å². The Bertz CT molecular complexity index is 895. The van der Waals surface area contributed by atoms with Gasteiger partial charge in [-0.05, 0) is 46.7 Å². The van der Waals surface area contributed by atoms with Gasteiger partial charge in [0.1, 0.15) is 12.4 Å². The molecule has 0 aliphatic carbocycles. The Balaban J connectivity index is 1.70. The van der Waals surface area contributed by atoms with E-state index in [1.165, 1.54) is 11.0 Å². The molecule has 1 aromatic heterocycles. The van der Waals surface area contributed by atoms with Crippen molar-refractivity contribution in [3.05, 3.63) is 72.1 Å². The van der Waals surface area contributed by atoms with E-state index >= 15 is 0 Å². The Labute approximate surface area is 162 Å². The maximum absolute atomic E-state index is 12.9. The zero-order valence-electron chi connectivity index (χ0n) is 15.5. The van der Waals surface area contributed by atoms with Crippen LogP contribution in [0.15, 0.2) is 60.9 Å².